The molecule has 1 atom stereocenters. The molecular formula is C19H17Cl2N3OS. The highest BCUT2D eigenvalue weighted by Crippen LogP contribution is 2.36. The molecule has 26 heavy (non-hydrogen) atoms. The van der Waals surface area contributed by atoms with Crippen LogP contribution in [0.25, 0.3) is 0 Å². The molecule has 0 bridgehead atoms. The predicted octanol–water partition coefficient (Wildman–Crippen LogP) is 4.73. The molecular weight excluding hydrogens is 389 g/mol. The van der Waals surface area contributed by atoms with E-state index in [1.165, 1.54) is 0 Å². The smallest absolute Gasteiger partial charge is 0.255 e. The maximum atomic E-state index is 13.0. The number of halogens is 2. The van der Waals surface area contributed by atoms with Crippen molar-refractivity contribution in [2.45, 2.75) is 19.9 Å². The van der Waals surface area contributed by atoms with Crippen molar-refractivity contribution < 1.29 is 4.79 Å². The normalized spacial score (nSPS) is 16.8. The molecule has 1 heterocycles. The highest BCUT2D eigenvalue weighted by molar-refractivity contribution is 7.80. The van der Waals surface area contributed by atoms with E-state index in [4.69, 9.17) is 35.4 Å². The van der Waals surface area contributed by atoms with Crippen molar-refractivity contribution in [1.29, 1.82) is 0 Å². The first-order valence-electron chi connectivity index (χ1n) is 7.97. The Morgan fingerprint density at radius 3 is 2.31 bits per heavy atom. The Morgan fingerprint density at radius 2 is 1.69 bits per heavy atom. The molecule has 1 aliphatic heterocycles. The topological polar surface area (TPSA) is 53.2 Å². The van der Waals surface area contributed by atoms with Gasteiger partial charge in [0, 0.05) is 27.0 Å². The Hall–Kier alpha value is -2.08. The molecule has 0 saturated heterocycles. The average molecular weight is 406 g/mol. The summed E-state index contributed by atoms with van der Waals surface area (Å²) >= 11 is 18.0. The second-order valence-electron chi connectivity index (χ2n) is 6.03. The Bertz CT molecular complexity index is 889. The molecule has 2 aromatic rings. The quantitative estimate of drug-likeness (QED) is 0.645. The van der Waals surface area contributed by atoms with Gasteiger partial charge in [-0.25, -0.2) is 0 Å². The lowest BCUT2D eigenvalue weighted by atomic mass is 9.94. The van der Waals surface area contributed by atoms with Gasteiger partial charge >= 0.3 is 0 Å². The van der Waals surface area contributed by atoms with Gasteiger partial charge in [-0.2, -0.15) is 0 Å². The minimum atomic E-state index is -0.546. The molecule has 3 rings (SSSR count). The van der Waals surface area contributed by atoms with Crippen LogP contribution in [0.1, 0.15) is 24.1 Å². The van der Waals surface area contributed by atoms with Crippen LogP contribution in [0, 0.1) is 6.92 Å². The second-order valence-corrected chi connectivity index (χ2v) is 7.25. The second kappa shape index (κ2) is 7.66. The molecule has 0 aromatic heterocycles. The number of amides is 1. The summed E-state index contributed by atoms with van der Waals surface area (Å²) in [6.07, 6.45) is 0. The zero-order chi connectivity index (χ0) is 18.8. The maximum absolute atomic E-state index is 13.0. The van der Waals surface area contributed by atoms with Crippen LogP contribution < -0.4 is 16.0 Å². The van der Waals surface area contributed by atoms with Gasteiger partial charge in [0.05, 0.1) is 11.6 Å². The molecule has 0 saturated carbocycles. The van der Waals surface area contributed by atoms with Gasteiger partial charge in [0.2, 0.25) is 0 Å². The van der Waals surface area contributed by atoms with Crippen molar-refractivity contribution in [1.82, 2.24) is 10.6 Å². The van der Waals surface area contributed by atoms with Crippen molar-refractivity contribution in [3.8, 4) is 0 Å². The number of nitrogens with one attached hydrogen (secondary N) is 3. The van der Waals surface area contributed by atoms with Crippen LogP contribution in [0.15, 0.2) is 53.7 Å². The third-order valence-electron chi connectivity index (χ3n) is 4.11. The zero-order valence-electron chi connectivity index (χ0n) is 14.2. The number of carbonyl (C=O) groups excluding carboxylic acids is 1. The number of allylic oxidation sites excluding steroid dienone is 1. The van der Waals surface area contributed by atoms with Gasteiger partial charge in [-0.15, -0.1) is 0 Å². The van der Waals surface area contributed by atoms with Crippen LogP contribution in [0.4, 0.5) is 5.69 Å². The van der Waals surface area contributed by atoms with Crippen LogP contribution in [-0.2, 0) is 4.79 Å². The molecule has 0 fully saturated rings. The maximum Gasteiger partial charge on any atom is 0.255 e. The van der Waals surface area contributed by atoms with Gasteiger partial charge in [-0.1, -0.05) is 47.0 Å². The predicted molar refractivity (Wildman–Crippen MR) is 111 cm³/mol. The summed E-state index contributed by atoms with van der Waals surface area (Å²) < 4.78 is 0. The van der Waals surface area contributed by atoms with Crippen molar-refractivity contribution in [2.24, 2.45) is 0 Å². The molecule has 2 aromatic carbocycles. The number of rotatable bonds is 3. The number of hydrogen-bond acceptors (Lipinski definition) is 2. The third-order valence-corrected chi connectivity index (χ3v) is 4.99. The molecule has 1 unspecified atom stereocenters. The van der Waals surface area contributed by atoms with Crippen LogP contribution >= 0.6 is 35.4 Å². The fourth-order valence-electron chi connectivity index (χ4n) is 2.83. The summed E-state index contributed by atoms with van der Waals surface area (Å²) in [5.74, 6) is -0.255. The molecule has 3 N–H and O–H groups in total. The fourth-order valence-corrected chi connectivity index (χ4v) is 3.72. The van der Waals surface area contributed by atoms with Gasteiger partial charge in [0.1, 0.15) is 0 Å². The lowest BCUT2D eigenvalue weighted by molar-refractivity contribution is -0.113. The van der Waals surface area contributed by atoms with E-state index >= 15 is 0 Å². The van der Waals surface area contributed by atoms with Crippen molar-refractivity contribution in [3.63, 3.8) is 0 Å². The van der Waals surface area contributed by atoms with Gasteiger partial charge in [0.15, 0.2) is 5.11 Å². The first-order valence-corrected chi connectivity index (χ1v) is 9.13. The number of carbonyl (C=O) groups is 1. The third kappa shape index (κ3) is 3.85. The van der Waals surface area contributed by atoms with Crippen LogP contribution in [-0.4, -0.2) is 11.0 Å². The molecule has 4 nitrogen and oxygen atoms in total. The minimum Gasteiger partial charge on any atom is -0.351 e. The largest absolute Gasteiger partial charge is 0.351 e. The van der Waals surface area contributed by atoms with Crippen molar-refractivity contribution in [3.05, 3.63) is 74.9 Å². The number of benzene rings is 2. The SMILES string of the molecule is CC1=C(C(=O)Nc2ccc(C)cc2)C(c2c(Cl)cccc2Cl)NC(=S)N1. The standard InChI is InChI=1S/C19H17Cl2N3OS/c1-10-6-8-12(9-7-10)23-18(25)15-11(2)22-19(26)24-17(15)16-13(20)4-3-5-14(16)21/h3-9,17H,1-2H3,(H,23,25)(H2,22,24,26). The Kier molecular flexibility index (Phi) is 5.51. The molecule has 1 aliphatic rings. The number of thiocarbonyl (C=S) groups is 1. The zero-order valence-corrected chi connectivity index (χ0v) is 16.5. The molecule has 0 aliphatic carbocycles. The Morgan fingerprint density at radius 1 is 1.08 bits per heavy atom. The van der Waals surface area contributed by atoms with Gasteiger partial charge in [-0.05, 0) is 50.3 Å². The van der Waals surface area contributed by atoms with E-state index in [1.807, 2.05) is 31.2 Å². The molecule has 0 spiro atoms. The van der Waals surface area contributed by atoms with Gasteiger partial charge < -0.3 is 16.0 Å². The first kappa shape index (κ1) is 18.7. The molecule has 0 radical (unpaired) electrons. The average Bonchev–Trinajstić information content (AvgIpc) is 2.56. The summed E-state index contributed by atoms with van der Waals surface area (Å²) in [5.41, 5.74) is 3.57. The van der Waals surface area contributed by atoms with Crippen molar-refractivity contribution in [2.75, 3.05) is 5.32 Å². The van der Waals surface area contributed by atoms with E-state index < -0.39 is 6.04 Å². The molecule has 134 valence electrons. The summed E-state index contributed by atoms with van der Waals surface area (Å²) in [5, 5.41) is 10.4. The van der Waals surface area contributed by atoms with E-state index in [0.29, 0.717) is 37.7 Å². The van der Waals surface area contributed by atoms with E-state index in [0.717, 1.165) is 5.56 Å². The van der Waals surface area contributed by atoms with E-state index in [9.17, 15) is 4.79 Å². The summed E-state index contributed by atoms with van der Waals surface area (Å²) in [7, 11) is 0. The summed E-state index contributed by atoms with van der Waals surface area (Å²) in [4.78, 5) is 13.0. The van der Waals surface area contributed by atoms with Crippen LogP contribution in [0.5, 0.6) is 0 Å². The van der Waals surface area contributed by atoms with E-state index in [2.05, 4.69) is 16.0 Å². The van der Waals surface area contributed by atoms with Crippen LogP contribution in [0.3, 0.4) is 0 Å². The monoisotopic (exact) mass is 405 g/mol. The van der Waals surface area contributed by atoms with E-state index in [-0.39, 0.29) is 5.91 Å². The number of aryl methyl sites for hydroxylation is 1. The lowest BCUT2D eigenvalue weighted by Crippen LogP contribution is -2.46. The van der Waals surface area contributed by atoms with Gasteiger partial charge in [0.25, 0.3) is 5.91 Å². The first-order chi connectivity index (χ1) is 12.4. The summed E-state index contributed by atoms with van der Waals surface area (Å²) in [6.45, 7) is 3.79. The number of hydrogen-bond donors (Lipinski definition) is 3. The summed E-state index contributed by atoms with van der Waals surface area (Å²) in [6, 6.07) is 12.3. The number of anilines is 1. The van der Waals surface area contributed by atoms with Crippen molar-refractivity contribution >= 4 is 52.1 Å². The highest BCUT2D eigenvalue weighted by Gasteiger charge is 2.32. The van der Waals surface area contributed by atoms with E-state index in [1.54, 1.807) is 25.1 Å². The lowest BCUT2D eigenvalue weighted by Gasteiger charge is -2.31. The Labute approximate surface area is 167 Å². The molecule has 1 amide bonds. The minimum absolute atomic E-state index is 0.255. The highest BCUT2D eigenvalue weighted by atomic mass is 35.5. The Balaban J connectivity index is 2.00. The van der Waals surface area contributed by atoms with Gasteiger partial charge in [-0.3, -0.25) is 4.79 Å². The fraction of sp³-hybridized carbons (Fsp3) is 0.158. The molecule has 7 heteroatoms. The van der Waals surface area contributed by atoms with Crippen LogP contribution in [0.2, 0.25) is 10.0 Å².